The van der Waals surface area contributed by atoms with Gasteiger partial charge in [0.05, 0.1) is 24.4 Å². The maximum Gasteiger partial charge on any atom is 0.255 e. The van der Waals surface area contributed by atoms with Crippen LogP contribution in [-0.2, 0) is 0 Å². The molecule has 0 aromatic carbocycles. The lowest BCUT2D eigenvalue weighted by atomic mass is 10.0. The zero-order valence-corrected chi connectivity index (χ0v) is 9.64. The van der Waals surface area contributed by atoms with Crippen LogP contribution in [-0.4, -0.2) is 40.1 Å². The molecule has 2 unspecified atom stereocenters. The van der Waals surface area contributed by atoms with Crippen molar-refractivity contribution in [3.8, 4) is 0 Å². The summed E-state index contributed by atoms with van der Waals surface area (Å²) in [7, 11) is 0. The molecule has 92 valence electrons. The van der Waals surface area contributed by atoms with Gasteiger partial charge in [-0.3, -0.25) is 9.78 Å². The molecule has 1 aromatic rings. The molecule has 2 atom stereocenters. The monoisotopic (exact) mass is 238 g/mol. The van der Waals surface area contributed by atoms with Crippen molar-refractivity contribution < 1.29 is 14.3 Å². The second kappa shape index (κ2) is 4.79. The first-order valence-corrected chi connectivity index (χ1v) is 5.66. The molecule has 0 bridgehead atoms. The van der Waals surface area contributed by atoms with Gasteiger partial charge in [-0.1, -0.05) is 6.92 Å². The van der Waals surface area contributed by atoms with Gasteiger partial charge in [0, 0.05) is 12.7 Å². The van der Waals surface area contributed by atoms with E-state index in [0.29, 0.717) is 6.54 Å². The van der Waals surface area contributed by atoms with Crippen LogP contribution in [0.3, 0.4) is 0 Å². The molecule has 1 N–H and O–H groups in total. The largest absolute Gasteiger partial charge is 0.394 e. The molecule has 1 amide bonds. The fourth-order valence-corrected chi connectivity index (χ4v) is 2.23. The molecule has 1 saturated heterocycles. The SMILES string of the molecule is CC1CCN(C(=O)c2cncc(F)c2)C1CO. The normalized spacial score (nSPS) is 24.1. The van der Waals surface area contributed by atoms with Crippen LogP contribution in [0.15, 0.2) is 18.5 Å². The third-order valence-electron chi connectivity index (χ3n) is 3.28. The summed E-state index contributed by atoms with van der Waals surface area (Å²) >= 11 is 0. The Morgan fingerprint density at radius 3 is 3.06 bits per heavy atom. The van der Waals surface area contributed by atoms with E-state index in [1.807, 2.05) is 6.92 Å². The number of aliphatic hydroxyl groups is 1. The van der Waals surface area contributed by atoms with Gasteiger partial charge in [-0.2, -0.15) is 0 Å². The average Bonchev–Trinajstić information content (AvgIpc) is 2.69. The van der Waals surface area contributed by atoms with Gasteiger partial charge in [0.15, 0.2) is 0 Å². The summed E-state index contributed by atoms with van der Waals surface area (Å²) in [6, 6.07) is 0.998. The molecular weight excluding hydrogens is 223 g/mol. The number of aliphatic hydroxyl groups excluding tert-OH is 1. The molecule has 0 saturated carbocycles. The van der Waals surface area contributed by atoms with Crippen molar-refractivity contribution in [3.05, 3.63) is 29.8 Å². The van der Waals surface area contributed by atoms with Gasteiger partial charge in [-0.25, -0.2) is 4.39 Å². The predicted octanol–water partition coefficient (Wildman–Crippen LogP) is 1.06. The van der Waals surface area contributed by atoms with Crippen LogP contribution in [0.1, 0.15) is 23.7 Å². The van der Waals surface area contributed by atoms with Crippen molar-refractivity contribution in [1.29, 1.82) is 0 Å². The Hall–Kier alpha value is -1.49. The lowest BCUT2D eigenvalue weighted by Gasteiger charge is -2.25. The zero-order valence-electron chi connectivity index (χ0n) is 9.64. The van der Waals surface area contributed by atoms with E-state index in [9.17, 15) is 14.3 Å². The van der Waals surface area contributed by atoms with E-state index in [0.717, 1.165) is 12.6 Å². The van der Waals surface area contributed by atoms with Gasteiger partial charge >= 0.3 is 0 Å². The second-order valence-corrected chi connectivity index (χ2v) is 4.41. The van der Waals surface area contributed by atoms with E-state index in [2.05, 4.69) is 4.98 Å². The maximum atomic E-state index is 13.0. The number of aromatic nitrogens is 1. The number of hydrogen-bond acceptors (Lipinski definition) is 3. The molecule has 4 nitrogen and oxygen atoms in total. The molecule has 2 heterocycles. The molecule has 0 spiro atoms. The summed E-state index contributed by atoms with van der Waals surface area (Å²) in [6.07, 6.45) is 3.27. The smallest absolute Gasteiger partial charge is 0.255 e. The van der Waals surface area contributed by atoms with Crippen molar-refractivity contribution >= 4 is 5.91 Å². The Balaban J connectivity index is 2.20. The molecule has 1 aromatic heterocycles. The summed E-state index contributed by atoms with van der Waals surface area (Å²) in [5.74, 6) is -0.519. The minimum Gasteiger partial charge on any atom is -0.394 e. The molecule has 1 aliphatic rings. The molecule has 0 radical (unpaired) electrons. The van der Waals surface area contributed by atoms with Gasteiger partial charge in [0.1, 0.15) is 5.82 Å². The van der Waals surface area contributed by atoms with Crippen molar-refractivity contribution in [2.24, 2.45) is 5.92 Å². The minimum absolute atomic E-state index is 0.0599. The Kier molecular flexibility index (Phi) is 3.38. The minimum atomic E-state index is -0.524. The summed E-state index contributed by atoms with van der Waals surface area (Å²) in [5.41, 5.74) is 0.234. The van der Waals surface area contributed by atoms with Crippen LogP contribution in [0.5, 0.6) is 0 Å². The summed E-state index contributed by atoms with van der Waals surface area (Å²) in [6.45, 7) is 2.54. The third-order valence-corrected chi connectivity index (χ3v) is 3.28. The standard InChI is InChI=1S/C12H15FN2O2/c1-8-2-3-15(11(8)7-16)12(17)9-4-10(13)6-14-5-9/h4-6,8,11,16H,2-3,7H2,1H3. The number of hydrogen-bond donors (Lipinski definition) is 1. The molecule has 17 heavy (non-hydrogen) atoms. The highest BCUT2D eigenvalue weighted by Crippen LogP contribution is 2.25. The lowest BCUT2D eigenvalue weighted by Crippen LogP contribution is -2.39. The Morgan fingerprint density at radius 1 is 1.65 bits per heavy atom. The van der Waals surface area contributed by atoms with Crippen LogP contribution < -0.4 is 0 Å². The number of carbonyl (C=O) groups excluding carboxylic acids is 1. The van der Waals surface area contributed by atoms with Crippen LogP contribution in [0, 0.1) is 11.7 Å². The number of carbonyl (C=O) groups is 1. The first-order valence-electron chi connectivity index (χ1n) is 5.66. The maximum absolute atomic E-state index is 13.0. The highest BCUT2D eigenvalue weighted by molar-refractivity contribution is 5.94. The average molecular weight is 238 g/mol. The van der Waals surface area contributed by atoms with E-state index in [1.54, 1.807) is 4.90 Å². The number of nitrogens with zero attached hydrogens (tertiary/aromatic N) is 2. The van der Waals surface area contributed by atoms with E-state index in [-0.39, 0.29) is 30.0 Å². The molecule has 2 rings (SSSR count). The highest BCUT2D eigenvalue weighted by Gasteiger charge is 2.34. The van der Waals surface area contributed by atoms with E-state index in [4.69, 9.17) is 0 Å². The third kappa shape index (κ3) is 2.29. The Labute approximate surface area is 99.1 Å². The van der Waals surface area contributed by atoms with Crippen LogP contribution in [0.4, 0.5) is 4.39 Å². The van der Waals surface area contributed by atoms with Gasteiger partial charge in [-0.05, 0) is 18.4 Å². The molecular formula is C12H15FN2O2. The fourth-order valence-electron chi connectivity index (χ4n) is 2.23. The summed E-state index contributed by atoms with van der Waals surface area (Å²) in [4.78, 5) is 17.4. The van der Waals surface area contributed by atoms with Crippen molar-refractivity contribution in [1.82, 2.24) is 9.88 Å². The predicted molar refractivity (Wildman–Crippen MR) is 59.9 cm³/mol. The van der Waals surface area contributed by atoms with E-state index in [1.165, 1.54) is 12.3 Å². The quantitative estimate of drug-likeness (QED) is 0.838. The lowest BCUT2D eigenvalue weighted by molar-refractivity contribution is 0.0647. The highest BCUT2D eigenvalue weighted by atomic mass is 19.1. The van der Waals surface area contributed by atoms with Gasteiger partial charge < -0.3 is 10.0 Å². The fraction of sp³-hybridized carbons (Fsp3) is 0.500. The number of amides is 1. The topological polar surface area (TPSA) is 53.4 Å². The first kappa shape index (κ1) is 12.0. The molecule has 1 fully saturated rings. The van der Waals surface area contributed by atoms with Crippen LogP contribution in [0.2, 0.25) is 0 Å². The summed E-state index contributed by atoms with van der Waals surface area (Å²) in [5, 5.41) is 9.27. The van der Waals surface area contributed by atoms with Gasteiger partial charge in [0.25, 0.3) is 5.91 Å². The first-order chi connectivity index (χ1) is 8.13. The Morgan fingerprint density at radius 2 is 2.41 bits per heavy atom. The van der Waals surface area contributed by atoms with Crippen molar-refractivity contribution in [2.75, 3.05) is 13.2 Å². The summed E-state index contributed by atoms with van der Waals surface area (Å²) < 4.78 is 13.0. The zero-order chi connectivity index (χ0) is 12.4. The van der Waals surface area contributed by atoms with E-state index < -0.39 is 5.82 Å². The second-order valence-electron chi connectivity index (χ2n) is 4.41. The molecule has 0 aliphatic carbocycles. The van der Waals surface area contributed by atoms with Crippen LogP contribution >= 0.6 is 0 Å². The van der Waals surface area contributed by atoms with Gasteiger partial charge in [-0.15, -0.1) is 0 Å². The number of halogens is 1. The Bertz CT molecular complexity index is 425. The number of pyridine rings is 1. The van der Waals surface area contributed by atoms with E-state index >= 15 is 0 Å². The number of likely N-dealkylation sites (tertiary alicyclic amines) is 1. The van der Waals surface area contributed by atoms with Gasteiger partial charge in [0.2, 0.25) is 0 Å². The number of rotatable bonds is 2. The molecule has 1 aliphatic heterocycles. The molecule has 5 heteroatoms. The van der Waals surface area contributed by atoms with Crippen LogP contribution in [0.25, 0.3) is 0 Å². The van der Waals surface area contributed by atoms with Crippen molar-refractivity contribution in [3.63, 3.8) is 0 Å². The van der Waals surface area contributed by atoms with Crippen molar-refractivity contribution in [2.45, 2.75) is 19.4 Å².